The molecule has 1 unspecified atom stereocenters. The van der Waals surface area contributed by atoms with Crippen LogP contribution in [0, 0.1) is 23.1 Å². The molecule has 0 bridgehead atoms. The lowest BCUT2D eigenvalue weighted by Gasteiger charge is -2.44. The van der Waals surface area contributed by atoms with Gasteiger partial charge in [-0.15, -0.1) is 0 Å². The van der Waals surface area contributed by atoms with Crippen LogP contribution in [0.4, 0.5) is 28.9 Å². The number of piperazine rings is 1. The number of halogens is 4. The fraction of sp³-hybridized carbons (Fsp3) is 0.455. The van der Waals surface area contributed by atoms with Crippen molar-refractivity contribution in [3.63, 3.8) is 0 Å². The lowest BCUT2D eigenvalue weighted by atomic mass is 9.90. The molecule has 3 atom stereocenters. The first-order valence-corrected chi connectivity index (χ1v) is 20.4. The average molecular weight is 849 g/mol. The van der Waals surface area contributed by atoms with Gasteiger partial charge in [0.1, 0.15) is 17.9 Å². The van der Waals surface area contributed by atoms with Gasteiger partial charge in [0.25, 0.3) is 5.91 Å². The van der Waals surface area contributed by atoms with Crippen LogP contribution in [0.2, 0.25) is 0 Å². The number of rotatable bonds is 13. The van der Waals surface area contributed by atoms with E-state index >= 15 is 4.39 Å². The van der Waals surface area contributed by atoms with Crippen LogP contribution < -0.4 is 19.9 Å². The van der Waals surface area contributed by atoms with Crippen LogP contribution in [-0.4, -0.2) is 88.8 Å². The van der Waals surface area contributed by atoms with E-state index < -0.39 is 34.6 Å². The van der Waals surface area contributed by atoms with E-state index in [1.165, 1.54) is 36.9 Å². The Hall–Kier alpha value is -5.24. The standard InChI is InChI=1S/C44H48F4N6O5S/c1-6-30-19-37(54-42(60)53(41(58)43(54,4)5)33-12-10-32(22-49)35(20-33)44(46,47)48)36(45)21-38(30)59-15-14-51-23-26(2)52(27(3)24-51)25-34(55)18-29-9-7-8-28(16-29)17-31-11-13-39(56)50-40(31)57/h7-10,12,16,19-21,26-27,31H,6,11,13-15,17-18,23-25H2,1-5H3,(H,50,56,57)/t26-,27+,31?. The minimum Gasteiger partial charge on any atom is -0.492 e. The highest BCUT2D eigenvalue weighted by atomic mass is 32.1. The number of carbonyl (C=O) groups is 4. The van der Waals surface area contributed by atoms with Gasteiger partial charge in [0.15, 0.2) is 16.7 Å². The van der Waals surface area contributed by atoms with Gasteiger partial charge < -0.3 is 9.64 Å². The molecule has 6 rings (SSSR count). The first kappa shape index (κ1) is 44.3. The third kappa shape index (κ3) is 9.38. The van der Waals surface area contributed by atoms with E-state index in [0.717, 1.165) is 22.1 Å². The van der Waals surface area contributed by atoms with Crippen molar-refractivity contribution in [3.8, 4) is 11.8 Å². The molecule has 0 radical (unpaired) electrons. The SMILES string of the molecule is CCc1cc(N2C(=S)N(c3ccc(C#N)c(C(F)(F)F)c3)C(=O)C2(C)C)c(F)cc1OCCN1C[C@@H](C)N(CC(=O)Cc2cccc(CC3CCC(=O)NC3=O)c2)[C@@H](C)C1. The van der Waals surface area contributed by atoms with Crippen molar-refractivity contribution in [2.75, 3.05) is 42.6 Å². The molecule has 3 fully saturated rings. The Balaban J connectivity index is 1.05. The monoisotopic (exact) mass is 848 g/mol. The molecule has 3 aromatic carbocycles. The fourth-order valence-corrected chi connectivity index (χ4v) is 8.93. The molecule has 16 heteroatoms. The summed E-state index contributed by atoms with van der Waals surface area (Å²) in [6.07, 6.45) is -2.81. The normalized spacial score (nSPS) is 21.3. The zero-order valence-corrected chi connectivity index (χ0v) is 35.0. The second-order valence-corrected chi connectivity index (χ2v) is 16.7. The number of amides is 3. The molecule has 318 valence electrons. The zero-order valence-electron chi connectivity index (χ0n) is 34.2. The Morgan fingerprint density at radius 2 is 1.73 bits per heavy atom. The molecular weight excluding hydrogens is 801 g/mol. The van der Waals surface area contributed by atoms with Crippen molar-refractivity contribution in [1.82, 2.24) is 15.1 Å². The van der Waals surface area contributed by atoms with E-state index in [0.29, 0.717) is 62.7 Å². The Labute approximate surface area is 352 Å². The van der Waals surface area contributed by atoms with E-state index in [1.54, 1.807) is 6.07 Å². The number of Topliss-reactive ketones (excluding diaryl/α,β-unsaturated/α-hetero) is 1. The van der Waals surface area contributed by atoms with Crippen LogP contribution in [0.3, 0.4) is 0 Å². The molecule has 0 spiro atoms. The number of alkyl halides is 3. The third-order valence-corrected chi connectivity index (χ3v) is 11.9. The number of thiocarbonyl (C=S) groups is 1. The molecule has 0 aromatic heterocycles. The van der Waals surface area contributed by atoms with E-state index in [4.69, 9.17) is 17.0 Å². The van der Waals surface area contributed by atoms with E-state index in [1.807, 2.05) is 31.2 Å². The van der Waals surface area contributed by atoms with E-state index in [9.17, 15) is 37.6 Å². The first-order valence-electron chi connectivity index (χ1n) is 20.0. The Morgan fingerprint density at radius 1 is 1.03 bits per heavy atom. The molecule has 0 saturated carbocycles. The number of ether oxygens (including phenoxy) is 1. The fourth-order valence-electron chi connectivity index (χ4n) is 8.42. The summed E-state index contributed by atoms with van der Waals surface area (Å²) in [4.78, 5) is 57.4. The second kappa shape index (κ2) is 17.8. The second-order valence-electron chi connectivity index (χ2n) is 16.3. The average Bonchev–Trinajstić information content (AvgIpc) is 3.35. The molecule has 3 aliphatic heterocycles. The highest BCUT2D eigenvalue weighted by molar-refractivity contribution is 7.81. The lowest BCUT2D eigenvalue weighted by Crippen LogP contribution is -2.58. The molecular formula is C44H48F4N6O5S. The summed E-state index contributed by atoms with van der Waals surface area (Å²) in [7, 11) is 0. The Morgan fingerprint density at radius 3 is 2.38 bits per heavy atom. The van der Waals surface area contributed by atoms with Gasteiger partial charge in [0, 0.05) is 56.5 Å². The van der Waals surface area contributed by atoms with Crippen LogP contribution in [0.5, 0.6) is 5.75 Å². The van der Waals surface area contributed by atoms with Crippen molar-refractivity contribution < 1.29 is 41.5 Å². The molecule has 60 heavy (non-hydrogen) atoms. The maximum absolute atomic E-state index is 16.1. The molecule has 1 N–H and O–H groups in total. The predicted octanol–water partition coefficient (Wildman–Crippen LogP) is 6.38. The Bertz CT molecular complexity index is 2230. The van der Waals surface area contributed by atoms with Crippen LogP contribution in [-0.2, 0) is 44.6 Å². The molecule has 3 aromatic rings. The number of piperidine rings is 1. The summed E-state index contributed by atoms with van der Waals surface area (Å²) in [6, 6.07) is 15.0. The van der Waals surface area contributed by atoms with Crippen LogP contribution in [0.25, 0.3) is 0 Å². The topological polar surface area (TPSA) is 126 Å². The van der Waals surface area contributed by atoms with Crippen LogP contribution in [0.1, 0.15) is 75.3 Å². The smallest absolute Gasteiger partial charge is 0.417 e. The van der Waals surface area contributed by atoms with Gasteiger partial charge >= 0.3 is 6.18 Å². The molecule has 3 aliphatic rings. The van der Waals surface area contributed by atoms with Gasteiger partial charge in [-0.2, -0.15) is 18.4 Å². The number of ketones is 1. The number of anilines is 2. The highest BCUT2D eigenvalue weighted by Gasteiger charge is 2.51. The zero-order chi connectivity index (χ0) is 43.7. The molecule has 3 saturated heterocycles. The number of carbonyl (C=O) groups excluding carboxylic acids is 4. The van der Waals surface area contributed by atoms with Crippen LogP contribution in [0.15, 0.2) is 54.6 Å². The van der Waals surface area contributed by atoms with Gasteiger partial charge in [-0.3, -0.25) is 39.2 Å². The molecule has 3 heterocycles. The minimum absolute atomic E-state index is 0.0250. The number of hydrogen-bond acceptors (Lipinski definition) is 9. The van der Waals surface area contributed by atoms with Crippen molar-refractivity contribution >= 4 is 52.2 Å². The van der Waals surface area contributed by atoms with Gasteiger partial charge in [-0.1, -0.05) is 31.2 Å². The first-order chi connectivity index (χ1) is 28.3. The third-order valence-electron chi connectivity index (χ3n) is 11.5. The van der Waals surface area contributed by atoms with E-state index in [-0.39, 0.29) is 71.7 Å². The van der Waals surface area contributed by atoms with E-state index in [2.05, 4.69) is 29.0 Å². The summed E-state index contributed by atoms with van der Waals surface area (Å²) in [5.41, 5.74) is -1.03. The molecule has 0 aliphatic carbocycles. The number of nitrogens with one attached hydrogen (secondary N) is 1. The Kier molecular flexibility index (Phi) is 13.1. The number of nitriles is 1. The number of nitrogens with zero attached hydrogens (tertiary/aromatic N) is 5. The number of benzene rings is 3. The summed E-state index contributed by atoms with van der Waals surface area (Å²) in [5.74, 6) is -1.76. The summed E-state index contributed by atoms with van der Waals surface area (Å²) in [6.45, 7) is 11.5. The highest BCUT2D eigenvalue weighted by Crippen LogP contribution is 2.41. The number of hydrogen-bond donors (Lipinski definition) is 1. The van der Waals surface area contributed by atoms with Gasteiger partial charge in [-0.05, 0) is 100 Å². The quantitative estimate of drug-likeness (QED) is 0.118. The predicted molar refractivity (Wildman–Crippen MR) is 221 cm³/mol. The summed E-state index contributed by atoms with van der Waals surface area (Å²) in [5, 5.41) is 11.4. The summed E-state index contributed by atoms with van der Waals surface area (Å²) >= 11 is 5.62. The van der Waals surface area contributed by atoms with Crippen molar-refractivity contribution in [1.29, 1.82) is 5.26 Å². The lowest BCUT2D eigenvalue weighted by molar-refractivity contribution is -0.138. The minimum atomic E-state index is -4.86. The van der Waals surface area contributed by atoms with Crippen molar-refractivity contribution in [3.05, 3.63) is 88.2 Å². The van der Waals surface area contributed by atoms with Gasteiger partial charge in [-0.25, -0.2) is 4.39 Å². The van der Waals surface area contributed by atoms with Crippen molar-refractivity contribution in [2.45, 2.75) is 90.5 Å². The number of aryl methyl sites for hydroxylation is 1. The molecule has 11 nitrogen and oxygen atoms in total. The molecule has 3 amide bonds. The van der Waals surface area contributed by atoms with Crippen LogP contribution >= 0.6 is 12.2 Å². The largest absolute Gasteiger partial charge is 0.492 e. The van der Waals surface area contributed by atoms with Gasteiger partial charge in [0.2, 0.25) is 11.8 Å². The van der Waals surface area contributed by atoms with Gasteiger partial charge in [0.05, 0.1) is 35.1 Å². The maximum atomic E-state index is 16.1. The number of imide groups is 1. The van der Waals surface area contributed by atoms with Crippen molar-refractivity contribution in [2.24, 2.45) is 5.92 Å². The summed E-state index contributed by atoms with van der Waals surface area (Å²) < 4.78 is 63.6. The maximum Gasteiger partial charge on any atom is 0.417 e.